The topological polar surface area (TPSA) is 179 Å². The van der Waals surface area contributed by atoms with Gasteiger partial charge in [-0.3, -0.25) is 0 Å². The number of esters is 1. The molecule has 7 N–H and O–H groups in total. The summed E-state index contributed by atoms with van der Waals surface area (Å²) < 4.78 is 21.2. The van der Waals surface area contributed by atoms with Gasteiger partial charge >= 0.3 is 5.97 Å². The van der Waals surface area contributed by atoms with E-state index in [-0.39, 0.29) is 41.5 Å². The van der Waals surface area contributed by atoms with Gasteiger partial charge in [0, 0.05) is 23.8 Å². The third kappa shape index (κ3) is 5.81. The van der Waals surface area contributed by atoms with Gasteiger partial charge in [-0.05, 0) is 54.1 Å². The highest BCUT2D eigenvalue weighted by Crippen LogP contribution is 2.43. The number of carbonyl (C=O) groups excluding carboxylic acids is 1. The Hall–Kier alpha value is -4.71. The van der Waals surface area contributed by atoms with Crippen molar-refractivity contribution < 1.29 is 54.4 Å². The number of hydrogen-bond donors (Lipinski definition) is 6. The van der Waals surface area contributed by atoms with Gasteiger partial charge in [-0.1, -0.05) is 6.07 Å². The maximum Gasteiger partial charge on any atom is 0.330 e. The molecule has 0 amide bonds. The predicted molar refractivity (Wildman–Crippen MR) is 141 cm³/mol. The smallest absolute Gasteiger partial charge is 0.330 e. The number of rotatable bonds is 7. The van der Waals surface area contributed by atoms with Crippen molar-refractivity contribution in [3.63, 3.8) is 0 Å². The van der Waals surface area contributed by atoms with Crippen LogP contribution < -0.4 is 4.74 Å². The quantitative estimate of drug-likeness (QED) is 0.111. The van der Waals surface area contributed by atoms with Gasteiger partial charge in [-0.25, -0.2) is 4.79 Å². The van der Waals surface area contributed by atoms with E-state index in [0.717, 1.165) is 11.6 Å². The van der Waals surface area contributed by atoms with Crippen LogP contribution in [-0.4, -0.2) is 72.6 Å². The van der Waals surface area contributed by atoms with Crippen LogP contribution in [0.15, 0.2) is 66.7 Å². The highest BCUT2D eigenvalue weighted by molar-refractivity contribution is 5.87. The van der Waals surface area contributed by atoms with Crippen LogP contribution in [0.4, 0.5) is 0 Å². The summed E-state index contributed by atoms with van der Waals surface area (Å²) in [7, 11) is 0. The standard InChI is InChI=1S/C29H26O11/c30-17-5-3-16(4-6-17)22-9-7-19-23(38-22)12-18(31)13-24(19)39-29-28(36)27(35)25(40-29)14-37-26(34)10-2-15-1-8-20(32)21(33)11-15/h1-13,22,25,27-33,35-36H,14H2/p+1. The molecule has 5 atom stereocenters. The third-order valence-corrected chi connectivity index (χ3v) is 6.43. The fraction of sp³-hybridized carbons (Fsp3) is 0.207. The summed E-state index contributed by atoms with van der Waals surface area (Å²) in [6, 6.07) is 13.4. The van der Waals surface area contributed by atoms with Crippen molar-refractivity contribution in [1.82, 2.24) is 0 Å². The number of aliphatic hydroxyl groups is 3. The van der Waals surface area contributed by atoms with E-state index in [1.807, 2.05) is 6.08 Å². The van der Waals surface area contributed by atoms with Gasteiger partial charge in [-0.15, -0.1) is 0 Å². The number of fused-ring (bicyclic) bond motifs is 1. The zero-order chi connectivity index (χ0) is 28.4. The first-order valence-electron chi connectivity index (χ1n) is 12.3. The minimum Gasteiger partial charge on any atom is -0.574 e. The van der Waals surface area contributed by atoms with E-state index < -0.39 is 30.6 Å². The molecule has 0 radical (unpaired) electrons. The molecule has 1 saturated heterocycles. The monoisotopic (exact) mass is 551 g/mol. The average molecular weight is 552 g/mol. The number of ether oxygens (including phenoxy) is 4. The van der Waals surface area contributed by atoms with Crippen LogP contribution in [0, 0.1) is 0 Å². The molecule has 0 spiro atoms. The first kappa shape index (κ1) is 26.9. The second kappa shape index (κ2) is 11.2. The molecule has 0 aromatic heterocycles. The van der Waals surface area contributed by atoms with Gasteiger partial charge < -0.3 is 49.6 Å². The van der Waals surface area contributed by atoms with Gasteiger partial charge in [-0.2, -0.15) is 0 Å². The van der Waals surface area contributed by atoms with Crippen molar-refractivity contribution in [2.75, 3.05) is 6.61 Å². The zero-order valence-corrected chi connectivity index (χ0v) is 20.9. The van der Waals surface area contributed by atoms with E-state index in [2.05, 4.69) is 4.74 Å². The summed E-state index contributed by atoms with van der Waals surface area (Å²) in [5.74, 6) is -0.807. The molecule has 0 aliphatic carbocycles. The first-order valence-corrected chi connectivity index (χ1v) is 12.3. The van der Waals surface area contributed by atoms with Gasteiger partial charge in [0.15, 0.2) is 11.5 Å². The van der Waals surface area contributed by atoms with Crippen molar-refractivity contribution in [2.24, 2.45) is 0 Å². The zero-order valence-electron chi connectivity index (χ0n) is 20.9. The number of hydrogen-bond acceptors (Lipinski definition) is 10. The molecule has 3 aromatic rings. The Kier molecular flexibility index (Phi) is 7.52. The van der Waals surface area contributed by atoms with Crippen LogP contribution in [0.3, 0.4) is 0 Å². The van der Waals surface area contributed by atoms with E-state index in [1.165, 1.54) is 36.4 Å². The SMILES string of the molecule is O=C(C=Cc1ccc(O)c(O)c1)OCC1OC(Oc2cc(O)cc3c2C=CC(c2ccc(O)cc2)[OH+]3)C(O)C1O. The molecule has 2 aliphatic rings. The maximum atomic E-state index is 12.1. The Bertz CT molecular complexity index is 1450. The fourth-order valence-electron chi connectivity index (χ4n) is 4.30. The van der Waals surface area contributed by atoms with Crippen LogP contribution >= 0.6 is 0 Å². The van der Waals surface area contributed by atoms with Crippen molar-refractivity contribution in [1.29, 1.82) is 0 Å². The number of phenolic OH excluding ortho intramolecular Hbond substituents is 4. The summed E-state index contributed by atoms with van der Waals surface area (Å²) in [6.07, 6.45) is 0.341. The van der Waals surface area contributed by atoms with Gasteiger partial charge in [0.2, 0.25) is 12.4 Å². The predicted octanol–water partition coefficient (Wildman–Crippen LogP) is 2.60. The minimum absolute atomic E-state index is 0.134. The molecule has 0 bridgehead atoms. The van der Waals surface area contributed by atoms with Crippen LogP contribution in [-0.2, 0) is 14.3 Å². The molecule has 40 heavy (non-hydrogen) atoms. The summed E-state index contributed by atoms with van der Waals surface area (Å²) in [4.78, 5) is 12.1. The molecule has 2 heterocycles. The summed E-state index contributed by atoms with van der Waals surface area (Å²) >= 11 is 0. The van der Waals surface area contributed by atoms with E-state index in [9.17, 15) is 35.4 Å². The van der Waals surface area contributed by atoms with Crippen molar-refractivity contribution in [2.45, 2.75) is 30.7 Å². The number of carbonyl (C=O) groups is 1. The summed E-state index contributed by atoms with van der Waals surface area (Å²) in [5, 5.41) is 59.7. The molecule has 5 unspecified atom stereocenters. The van der Waals surface area contributed by atoms with Crippen LogP contribution in [0.1, 0.15) is 22.8 Å². The Morgan fingerprint density at radius 2 is 1.70 bits per heavy atom. The molecule has 0 saturated carbocycles. The lowest BCUT2D eigenvalue weighted by atomic mass is 10.0. The molecule has 2 aliphatic heterocycles. The molecule has 208 valence electrons. The highest BCUT2D eigenvalue weighted by atomic mass is 16.7. The number of phenols is 4. The Morgan fingerprint density at radius 1 is 0.925 bits per heavy atom. The lowest BCUT2D eigenvalue weighted by Crippen LogP contribution is -2.36. The van der Waals surface area contributed by atoms with Crippen molar-refractivity contribution >= 4 is 18.1 Å². The molecule has 11 heteroatoms. The number of benzene rings is 3. The van der Waals surface area contributed by atoms with Gasteiger partial charge in [0.25, 0.3) is 5.75 Å². The van der Waals surface area contributed by atoms with E-state index in [0.29, 0.717) is 16.9 Å². The first-order chi connectivity index (χ1) is 19.2. The van der Waals surface area contributed by atoms with Crippen molar-refractivity contribution in [3.8, 4) is 34.5 Å². The molecular formula is C29H27O11+. The van der Waals surface area contributed by atoms with E-state index >= 15 is 0 Å². The molecule has 3 aromatic carbocycles. The van der Waals surface area contributed by atoms with Crippen LogP contribution in [0.25, 0.3) is 12.2 Å². The lowest BCUT2D eigenvalue weighted by Gasteiger charge is -2.23. The van der Waals surface area contributed by atoms with Crippen molar-refractivity contribution in [3.05, 3.63) is 83.4 Å². The third-order valence-electron chi connectivity index (χ3n) is 6.43. The second-order valence-electron chi connectivity index (χ2n) is 9.25. The van der Waals surface area contributed by atoms with Crippen LogP contribution in [0.2, 0.25) is 0 Å². The highest BCUT2D eigenvalue weighted by Gasteiger charge is 2.45. The number of aliphatic hydroxyl groups excluding tert-OH is 2. The summed E-state index contributed by atoms with van der Waals surface area (Å²) in [6.45, 7) is -0.385. The molecule has 11 nitrogen and oxygen atoms in total. The average Bonchev–Trinajstić information content (AvgIpc) is 3.20. The summed E-state index contributed by atoms with van der Waals surface area (Å²) in [5.41, 5.74) is 1.80. The van der Waals surface area contributed by atoms with E-state index in [1.54, 1.807) is 30.3 Å². The maximum absolute atomic E-state index is 12.1. The Morgan fingerprint density at radius 3 is 2.45 bits per heavy atom. The van der Waals surface area contributed by atoms with Gasteiger partial charge in [0.1, 0.15) is 47.7 Å². The van der Waals surface area contributed by atoms with Gasteiger partial charge in [0.05, 0.1) is 6.07 Å². The Balaban J connectivity index is 1.22. The lowest BCUT2D eigenvalue weighted by molar-refractivity contribution is -0.149. The molecule has 1 fully saturated rings. The largest absolute Gasteiger partial charge is 0.574 e. The fourth-order valence-corrected chi connectivity index (χ4v) is 4.30. The van der Waals surface area contributed by atoms with E-state index in [4.69, 9.17) is 14.2 Å². The molecular weight excluding hydrogens is 524 g/mol. The Labute approximate surface area is 228 Å². The van der Waals surface area contributed by atoms with Crippen LogP contribution in [0.5, 0.6) is 34.5 Å². The minimum atomic E-state index is -1.48. The normalized spacial score (nSPS) is 23.5. The second-order valence-corrected chi connectivity index (χ2v) is 9.25. The number of aromatic hydroxyl groups is 5. The molecule has 5 rings (SSSR count).